The van der Waals surface area contributed by atoms with Gasteiger partial charge < -0.3 is 34.4 Å². The van der Waals surface area contributed by atoms with Crippen molar-refractivity contribution < 1.29 is 0 Å². The van der Waals surface area contributed by atoms with Crippen molar-refractivity contribution in [2.75, 3.05) is 0 Å². The lowest BCUT2D eigenvalue weighted by atomic mass is 9.98. The Hall–Kier alpha value is -4.92. The van der Waals surface area contributed by atoms with Crippen LogP contribution in [0.1, 0.15) is 161 Å². The Morgan fingerprint density at radius 3 is 1.04 bits per heavy atom. The molecule has 67 heavy (non-hydrogen) atoms. The maximum absolute atomic E-state index is 5.62. The van der Waals surface area contributed by atoms with E-state index in [9.17, 15) is 0 Å². The molecule has 6 rings (SSSR count). The first-order chi connectivity index (χ1) is 31.3. The van der Waals surface area contributed by atoms with Gasteiger partial charge in [0.1, 0.15) is 0 Å². The van der Waals surface area contributed by atoms with Crippen LogP contribution in [0.2, 0.25) is 0 Å². The molecule has 0 saturated heterocycles. The minimum absolute atomic E-state index is 0. The molecule has 0 unspecified atom stereocenters. The molecule has 0 aliphatic heterocycles. The highest BCUT2D eigenvalue weighted by Crippen LogP contribution is 2.19. The summed E-state index contributed by atoms with van der Waals surface area (Å²) in [5.41, 5.74) is 56.8. The van der Waals surface area contributed by atoms with E-state index < -0.39 is 0 Å². The average Bonchev–Trinajstić information content (AvgIpc) is 3.31. The molecule has 6 nitrogen and oxygen atoms in total. The molecule has 0 amide bonds. The van der Waals surface area contributed by atoms with E-state index in [4.69, 9.17) is 34.4 Å². The summed E-state index contributed by atoms with van der Waals surface area (Å²) in [4.78, 5) is 0. The van der Waals surface area contributed by atoms with Crippen molar-refractivity contribution in [2.45, 2.75) is 168 Å². The van der Waals surface area contributed by atoms with Crippen molar-refractivity contribution in [3.8, 4) is 0 Å². The van der Waals surface area contributed by atoms with E-state index in [0.717, 1.165) is 12.8 Å². The standard InChI is InChI=1S/2C11H17N.2C10H15N.2C9H13N.CH4/c1-8(2)10-4-5-11(7-12)9(3)6-10;1-8(2)10-5-4-9(3)11(6-10)7-12;1-3-9-4-5-10(7-11)8(2)6-9;1-3-9-5-4-8(2)10(6-9)7-11;1-7-3-4-9(6-10)8(2)5-7;1-7-3-4-8(2)9(5-7)6-10;/h2*4-6,8H,7,12H2,1-3H3;2*4-6H,3,7,11H2,1-2H3;2*3-5H,6,10H2,1-2H3;1H4. The molecule has 0 aliphatic rings. The van der Waals surface area contributed by atoms with E-state index in [2.05, 4.69) is 206 Å². The number of aryl methyl sites for hydroxylation is 10. The molecule has 0 aliphatic carbocycles. The van der Waals surface area contributed by atoms with E-state index >= 15 is 0 Å². The lowest BCUT2D eigenvalue weighted by Crippen LogP contribution is -2.00. The second kappa shape index (κ2) is 33.5. The first kappa shape index (κ1) is 62.1. The largest absolute Gasteiger partial charge is 0.326 e. The van der Waals surface area contributed by atoms with Gasteiger partial charge >= 0.3 is 0 Å². The third-order valence-corrected chi connectivity index (χ3v) is 12.0. The van der Waals surface area contributed by atoms with Crippen molar-refractivity contribution in [3.63, 3.8) is 0 Å². The summed E-state index contributed by atoms with van der Waals surface area (Å²) in [7, 11) is 0. The van der Waals surface area contributed by atoms with Crippen LogP contribution in [-0.2, 0) is 52.1 Å². The van der Waals surface area contributed by atoms with Gasteiger partial charge in [-0.2, -0.15) is 0 Å². The molecule has 0 atom stereocenters. The minimum atomic E-state index is 0. The molecular formula is C61H94N6. The lowest BCUT2D eigenvalue weighted by molar-refractivity contribution is 0.859. The molecule has 0 heterocycles. The van der Waals surface area contributed by atoms with Crippen LogP contribution in [0.5, 0.6) is 0 Å². The number of hydrogen-bond donors (Lipinski definition) is 6. The first-order valence-electron chi connectivity index (χ1n) is 24.0. The van der Waals surface area contributed by atoms with E-state index in [1.165, 1.54) is 100 Å². The van der Waals surface area contributed by atoms with Gasteiger partial charge in [-0.3, -0.25) is 0 Å². The smallest absolute Gasteiger partial charge is 0.0180 e. The lowest BCUT2D eigenvalue weighted by Gasteiger charge is -2.09. The van der Waals surface area contributed by atoms with Crippen molar-refractivity contribution >= 4 is 0 Å². The maximum Gasteiger partial charge on any atom is 0.0180 e. The van der Waals surface area contributed by atoms with Crippen molar-refractivity contribution in [2.24, 2.45) is 34.4 Å². The summed E-state index contributed by atoms with van der Waals surface area (Å²) in [6.07, 6.45) is 2.19. The van der Waals surface area contributed by atoms with Gasteiger partial charge in [0.05, 0.1) is 0 Å². The molecular weight excluding hydrogens is 817 g/mol. The van der Waals surface area contributed by atoms with Crippen molar-refractivity contribution in [3.05, 3.63) is 209 Å². The summed E-state index contributed by atoms with van der Waals surface area (Å²) in [6, 6.07) is 38.7. The van der Waals surface area contributed by atoms with Gasteiger partial charge in [0.25, 0.3) is 0 Å². The van der Waals surface area contributed by atoms with Crippen LogP contribution in [0.15, 0.2) is 109 Å². The second-order valence-corrected chi connectivity index (χ2v) is 18.0. The molecule has 0 fully saturated rings. The fraction of sp³-hybridized carbons (Fsp3) is 0.410. The molecule has 0 saturated carbocycles. The highest BCUT2D eigenvalue weighted by atomic mass is 14.5. The quantitative estimate of drug-likeness (QED) is 0.0804. The normalized spacial score (nSPS) is 10.1. The van der Waals surface area contributed by atoms with Gasteiger partial charge in [0, 0.05) is 39.3 Å². The van der Waals surface area contributed by atoms with Crippen molar-refractivity contribution in [1.29, 1.82) is 0 Å². The molecule has 0 spiro atoms. The zero-order chi connectivity index (χ0) is 49.9. The Morgan fingerprint density at radius 1 is 0.313 bits per heavy atom. The van der Waals surface area contributed by atoms with Crippen LogP contribution in [0, 0.1) is 55.4 Å². The molecule has 6 heteroatoms. The highest BCUT2D eigenvalue weighted by molar-refractivity contribution is 5.35. The molecule has 0 radical (unpaired) electrons. The third kappa shape index (κ3) is 22.6. The monoisotopic (exact) mass is 911 g/mol. The topological polar surface area (TPSA) is 156 Å². The molecule has 368 valence electrons. The Labute approximate surface area is 410 Å². The highest BCUT2D eigenvalue weighted by Gasteiger charge is 2.03. The molecule has 6 aromatic carbocycles. The van der Waals surface area contributed by atoms with Gasteiger partial charge in [-0.25, -0.2) is 0 Å². The molecule has 0 aromatic heterocycles. The van der Waals surface area contributed by atoms with Gasteiger partial charge in [0.2, 0.25) is 0 Å². The van der Waals surface area contributed by atoms with Crippen LogP contribution in [-0.4, -0.2) is 0 Å². The predicted octanol–water partition coefficient (Wildman–Crippen LogP) is 13.3. The van der Waals surface area contributed by atoms with Gasteiger partial charge in [-0.05, 0) is 169 Å². The number of nitrogens with two attached hydrogens (primary N) is 6. The van der Waals surface area contributed by atoms with Crippen LogP contribution in [0.3, 0.4) is 0 Å². The molecule has 12 N–H and O–H groups in total. The Bertz CT molecular complexity index is 2300. The summed E-state index contributed by atoms with van der Waals surface area (Å²) in [6.45, 7) is 33.8. The SMILES string of the molecule is C.CCc1ccc(C)c(CN)c1.CCc1ccc(CN)c(C)c1.Cc1cc(C(C)C)ccc1CN.Cc1ccc(C(C)C)cc1CN.Cc1ccc(C)c(CN)c1.Cc1ccc(CN)c(C)c1. The van der Waals surface area contributed by atoms with Crippen molar-refractivity contribution in [1.82, 2.24) is 0 Å². The fourth-order valence-electron chi connectivity index (χ4n) is 7.04. The zero-order valence-electron chi connectivity index (χ0n) is 43.7. The van der Waals surface area contributed by atoms with Crippen LogP contribution < -0.4 is 34.4 Å². The van der Waals surface area contributed by atoms with E-state index in [0.29, 0.717) is 51.1 Å². The number of hydrogen-bond acceptors (Lipinski definition) is 6. The summed E-state index contributed by atoms with van der Waals surface area (Å²) in [5.74, 6) is 1.20. The zero-order valence-corrected chi connectivity index (χ0v) is 43.7. The molecule has 6 aromatic rings. The Kier molecular flexibility index (Phi) is 31.1. The number of benzene rings is 6. The average molecular weight is 911 g/mol. The molecule has 0 bridgehead atoms. The minimum Gasteiger partial charge on any atom is -0.326 e. The van der Waals surface area contributed by atoms with Gasteiger partial charge in [0.15, 0.2) is 0 Å². The summed E-state index contributed by atoms with van der Waals surface area (Å²) >= 11 is 0. The number of rotatable bonds is 10. The van der Waals surface area contributed by atoms with E-state index in [1.807, 2.05) is 0 Å². The van der Waals surface area contributed by atoms with Crippen LogP contribution in [0.4, 0.5) is 0 Å². The Balaban J connectivity index is 0.000000779. The predicted molar refractivity (Wildman–Crippen MR) is 298 cm³/mol. The van der Waals surface area contributed by atoms with Crippen LogP contribution in [0.25, 0.3) is 0 Å². The summed E-state index contributed by atoms with van der Waals surface area (Å²) < 4.78 is 0. The third-order valence-electron chi connectivity index (χ3n) is 12.0. The van der Waals surface area contributed by atoms with Gasteiger partial charge in [-0.15, -0.1) is 0 Å². The second-order valence-electron chi connectivity index (χ2n) is 18.0. The van der Waals surface area contributed by atoms with Crippen LogP contribution >= 0.6 is 0 Å². The fourth-order valence-corrected chi connectivity index (χ4v) is 7.04. The first-order valence-corrected chi connectivity index (χ1v) is 24.0. The Morgan fingerprint density at radius 2 is 0.627 bits per heavy atom. The van der Waals surface area contributed by atoms with E-state index in [-0.39, 0.29) is 7.43 Å². The maximum atomic E-state index is 5.62. The van der Waals surface area contributed by atoms with Gasteiger partial charge in [-0.1, -0.05) is 169 Å². The summed E-state index contributed by atoms with van der Waals surface area (Å²) in [5, 5.41) is 0. The van der Waals surface area contributed by atoms with E-state index in [1.54, 1.807) is 0 Å².